The van der Waals surface area contributed by atoms with Crippen LogP contribution in [0.25, 0.3) is 10.8 Å². The van der Waals surface area contributed by atoms with Gasteiger partial charge in [-0.15, -0.1) is 0 Å². The minimum atomic E-state index is -5.62. The summed E-state index contributed by atoms with van der Waals surface area (Å²) in [4.78, 5) is 4.14. The second-order valence-electron chi connectivity index (χ2n) is 5.92. The molecule has 0 N–H and O–H groups in total. The second-order valence-corrected chi connectivity index (χ2v) is 5.92. The van der Waals surface area contributed by atoms with Crippen LogP contribution in [0.2, 0.25) is 0 Å². The molecule has 0 radical (unpaired) electrons. The van der Waals surface area contributed by atoms with E-state index in [0.29, 0.717) is 16.5 Å². The molecule has 114 valence electrons. The van der Waals surface area contributed by atoms with E-state index in [9.17, 15) is 22.0 Å². The molecule has 0 fully saturated rings. The van der Waals surface area contributed by atoms with E-state index in [4.69, 9.17) is 0 Å². The van der Waals surface area contributed by atoms with Crippen LogP contribution in [0.1, 0.15) is 32.0 Å². The van der Waals surface area contributed by atoms with Gasteiger partial charge in [0.15, 0.2) is 0 Å². The Hall–Kier alpha value is -1.72. The minimum Gasteiger partial charge on any atom is -0.260 e. The van der Waals surface area contributed by atoms with Gasteiger partial charge in [-0.25, -0.2) is 0 Å². The van der Waals surface area contributed by atoms with Crippen molar-refractivity contribution in [1.82, 2.24) is 4.98 Å². The zero-order valence-electron chi connectivity index (χ0n) is 11.7. The number of hydrogen-bond acceptors (Lipinski definition) is 1. The summed E-state index contributed by atoms with van der Waals surface area (Å²) in [5.74, 6) is -4.88. The molecule has 0 unspecified atom stereocenters. The Morgan fingerprint density at radius 2 is 1.52 bits per heavy atom. The average molecular weight is 303 g/mol. The molecule has 1 aromatic carbocycles. The highest BCUT2D eigenvalue weighted by Crippen LogP contribution is 2.44. The third kappa shape index (κ3) is 2.71. The van der Waals surface area contributed by atoms with Gasteiger partial charge in [-0.2, -0.15) is 22.0 Å². The summed E-state index contributed by atoms with van der Waals surface area (Å²) in [5, 5.41) is 0.892. The first-order valence-corrected chi connectivity index (χ1v) is 6.29. The molecule has 1 nitrogen and oxygen atoms in total. The van der Waals surface area contributed by atoms with Crippen molar-refractivity contribution in [2.45, 2.75) is 38.3 Å². The number of hydrogen-bond donors (Lipinski definition) is 0. The lowest BCUT2D eigenvalue weighted by atomic mass is 9.87. The third-order valence-corrected chi connectivity index (χ3v) is 3.20. The molecule has 0 spiro atoms. The molecule has 0 aliphatic carbocycles. The molecule has 6 heteroatoms. The molecular formula is C15H14F5N. The summed E-state index contributed by atoms with van der Waals surface area (Å²) in [6.45, 7) is 5.47. The number of aromatic nitrogens is 1. The fourth-order valence-corrected chi connectivity index (χ4v) is 2.12. The third-order valence-electron chi connectivity index (χ3n) is 3.20. The van der Waals surface area contributed by atoms with Crippen LogP contribution < -0.4 is 0 Å². The van der Waals surface area contributed by atoms with Crippen molar-refractivity contribution in [3.8, 4) is 0 Å². The number of fused-ring (bicyclic) bond motifs is 1. The topological polar surface area (TPSA) is 12.9 Å². The molecule has 1 aromatic heterocycles. The van der Waals surface area contributed by atoms with Gasteiger partial charge >= 0.3 is 12.1 Å². The van der Waals surface area contributed by atoms with Crippen LogP contribution in [0, 0.1) is 0 Å². The van der Waals surface area contributed by atoms with Gasteiger partial charge in [0.1, 0.15) is 0 Å². The van der Waals surface area contributed by atoms with E-state index in [1.165, 1.54) is 12.3 Å². The molecule has 0 aliphatic heterocycles. The highest BCUT2D eigenvalue weighted by atomic mass is 19.4. The van der Waals surface area contributed by atoms with Crippen LogP contribution in [0.4, 0.5) is 22.0 Å². The molecule has 0 amide bonds. The van der Waals surface area contributed by atoms with Crippen molar-refractivity contribution in [3.63, 3.8) is 0 Å². The van der Waals surface area contributed by atoms with Gasteiger partial charge in [-0.1, -0.05) is 32.9 Å². The van der Waals surface area contributed by atoms with Crippen molar-refractivity contribution < 1.29 is 22.0 Å². The summed E-state index contributed by atoms with van der Waals surface area (Å²) < 4.78 is 64.4. The predicted molar refractivity (Wildman–Crippen MR) is 70.4 cm³/mol. The standard InChI is InChI=1S/C15H14F5N/c1-13(2,3)12-11-8-10(14(16,17)15(18,19)20)5-4-9(11)6-7-21-12/h4-8H,1-3H3. The van der Waals surface area contributed by atoms with E-state index >= 15 is 0 Å². The van der Waals surface area contributed by atoms with Gasteiger partial charge in [0.2, 0.25) is 0 Å². The van der Waals surface area contributed by atoms with E-state index in [-0.39, 0.29) is 0 Å². The summed E-state index contributed by atoms with van der Waals surface area (Å²) in [6, 6.07) is 4.54. The molecule has 0 aliphatic rings. The van der Waals surface area contributed by atoms with Gasteiger partial charge < -0.3 is 0 Å². The van der Waals surface area contributed by atoms with E-state index < -0.39 is 23.1 Å². The lowest BCUT2D eigenvalue weighted by Gasteiger charge is -2.23. The Kier molecular flexibility index (Phi) is 3.46. The van der Waals surface area contributed by atoms with Gasteiger partial charge in [0, 0.05) is 22.6 Å². The van der Waals surface area contributed by atoms with Crippen molar-refractivity contribution in [3.05, 3.63) is 41.7 Å². The SMILES string of the molecule is CC(C)(C)c1nccc2ccc(C(F)(F)C(F)(F)F)cc12. The number of pyridine rings is 1. The van der Waals surface area contributed by atoms with E-state index in [1.807, 2.05) is 20.8 Å². The first kappa shape index (κ1) is 15.7. The molecule has 2 rings (SSSR count). The van der Waals surface area contributed by atoms with Gasteiger partial charge in [-0.3, -0.25) is 4.98 Å². The van der Waals surface area contributed by atoms with Crippen molar-refractivity contribution in [1.29, 1.82) is 0 Å². The smallest absolute Gasteiger partial charge is 0.260 e. The number of nitrogens with zero attached hydrogens (tertiary/aromatic N) is 1. The second kappa shape index (κ2) is 4.64. The summed E-state index contributed by atoms with van der Waals surface area (Å²) >= 11 is 0. The first-order valence-electron chi connectivity index (χ1n) is 6.29. The minimum absolute atomic E-state index is 0.312. The van der Waals surface area contributed by atoms with Gasteiger partial charge in [-0.05, 0) is 17.5 Å². The van der Waals surface area contributed by atoms with Crippen LogP contribution in [-0.4, -0.2) is 11.2 Å². The van der Waals surface area contributed by atoms with Crippen LogP contribution in [0.15, 0.2) is 30.5 Å². The fourth-order valence-electron chi connectivity index (χ4n) is 2.12. The lowest BCUT2D eigenvalue weighted by molar-refractivity contribution is -0.289. The molecule has 21 heavy (non-hydrogen) atoms. The van der Waals surface area contributed by atoms with E-state index in [0.717, 1.165) is 12.1 Å². The highest BCUT2D eigenvalue weighted by molar-refractivity contribution is 5.86. The zero-order valence-corrected chi connectivity index (χ0v) is 11.7. The molecule has 0 saturated carbocycles. The lowest BCUT2D eigenvalue weighted by Crippen LogP contribution is -2.33. The van der Waals surface area contributed by atoms with Crippen LogP contribution in [0.3, 0.4) is 0 Å². The van der Waals surface area contributed by atoms with E-state index in [2.05, 4.69) is 4.98 Å². The molecule has 0 bridgehead atoms. The number of benzene rings is 1. The Morgan fingerprint density at radius 3 is 2.05 bits per heavy atom. The monoisotopic (exact) mass is 303 g/mol. The quantitative estimate of drug-likeness (QED) is 0.661. The highest BCUT2D eigenvalue weighted by Gasteiger charge is 2.58. The maximum atomic E-state index is 13.5. The number of alkyl halides is 5. The maximum absolute atomic E-state index is 13.5. The van der Waals surface area contributed by atoms with Crippen molar-refractivity contribution in [2.75, 3.05) is 0 Å². The van der Waals surface area contributed by atoms with Crippen molar-refractivity contribution >= 4 is 10.8 Å². The Bertz CT molecular complexity index is 668. The fraction of sp³-hybridized carbons (Fsp3) is 0.400. The molecule has 0 atom stereocenters. The van der Waals surface area contributed by atoms with E-state index in [1.54, 1.807) is 6.07 Å². The Morgan fingerprint density at radius 1 is 0.905 bits per heavy atom. The average Bonchev–Trinajstić information content (AvgIpc) is 2.34. The largest absolute Gasteiger partial charge is 0.458 e. The van der Waals surface area contributed by atoms with Crippen LogP contribution in [-0.2, 0) is 11.3 Å². The molecule has 2 aromatic rings. The molecule has 1 heterocycles. The Labute approximate surface area is 118 Å². The van der Waals surface area contributed by atoms with Crippen LogP contribution >= 0.6 is 0 Å². The normalized spacial score (nSPS) is 13.7. The maximum Gasteiger partial charge on any atom is 0.458 e. The summed E-state index contributed by atoms with van der Waals surface area (Å²) in [6.07, 6.45) is -4.10. The first-order chi connectivity index (χ1) is 9.44. The zero-order chi connectivity index (χ0) is 16.1. The van der Waals surface area contributed by atoms with Gasteiger partial charge in [0.05, 0.1) is 5.69 Å². The summed E-state index contributed by atoms with van der Waals surface area (Å²) in [5.41, 5.74) is -1.05. The Balaban J connectivity index is 2.72. The molecule has 0 saturated heterocycles. The van der Waals surface area contributed by atoms with Gasteiger partial charge in [0.25, 0.3) is 0 Å². The van der Waals surface area contributed by atoms with Crippen LogP contribution in [0.5, 0.6) is 0 Å². The molecular weight excluding hydrogens is 289 g/mol. The predicted octanol–water partition coefficient (Wildman–Crippen LogP) is 5.19. The summed E-state index contributed by atoms with van der Waals surface area (Å²) in [7, 11) is 0. The number of halogens is 5. The van der Waals surface area contributed by atoms with Crippen molar-refractivity contribution in [2.24, 2.45) is 0 Å². The number of rotatable bonds is 1.